The highest BCUT2D eigenvalue weighted by molar-refractivity contribution is 6.00. The van der Waals surface area contributed by atoms with Gasteiger partial charge in [-0.05, 0) is 51.5 Å². The van der Waals surface area contributed by atoms with Crippen LogP contribution in [0.4, 0.5) is 0 Å². The van der Waals surface area contributed by atoms with Gasteiger partial charge in [0.1, 0.15) is 5.56 Å². The van der Waals surface area contributed by atoms with Gasteiger partial charge in [0.2, 0.25) is 0 Å². The van der Waals surface area contributed by atoms with Gasteiger partial charge >= 0.3 is 0 Å². The fraction of sp³-hybridized carbons (Fsp3) is 0.533. The van der Waals surface area contributed by atoms with Crippen LogP contribution in [0, 0.1) is 19.8 Å². The van der Waals surface area contributed by atoms with Crippen LogP contribution in [-0.4, -0.2) is 26.0 Å². The first kappa shape index (κ1) is 11.9. The Morgan fingerprint density at radius 2 is 2.15 bits per heavy atom. The SMILES string of the molecule is Cc1cc(C)n2ncc(C(=O)NC3(C4CC4)CC3)c2n1. The van der Waals surface area contributed by atoms with Gasteiger partial charge in [0.15, 0.2) is 5.65 Å². The van der Waals surface area contributed by atoms with Gasteiger partial charge in [-0.1, -0.05) is 0 Å². The molecule has 2 aliphatic rings. The Balaban J connectivity index is 1.69. The van der Waals surface area contributed by atoms with Crippen molar-refractivity contribution < 1.29 is 4.79 Å². The monoisotopic (exact) mass is 270 g/mol. The van der Waals surface area contributed by atoms with E-state index in [1.54, 1.807) is 10.7 Å². The van der Waals surface area contributed by atoms with Crippen LogP contribution in [0.5, 0.6) is 0 Å². The van der Waals surface area contributed by atoms with Crippen LogP contribution >= 0.6 is 0 Å². The zero-order valence-electron chi connectivity index (χ0n) is 11.8. The number of rotatable bonds is 3. The highest BCUT2D eigenvalue weighted by Gasteiger charge is 2.54. The highest BCUT2D eigenvalue weighted by Crippen LogP contribution is 2.53. The van der Waals surface area contributed by atoms with Crippen LogP contribution in [0.3, 0.4) is 0 Å². The summed E-state index contributed by atoms with van der Waals surface area (Å²) in [6.07, 6.45) is 6.38. The molecule has 1 N–H and O–H groups in total. The summed E-state index contributed by atoms with van der Waals surface area (Å²) in [6.45, 7) is 3.91. The maximum Gasteiger partial charge on any atom is 0.257 e. The van der Waals surface area contributed by atoms with Crippen LogP contribution in [0.25, 0.3) is 5.65 Å². The normalized spacial score (nSPS) is 20.1. The van der Waals surface area contributed by atoms with Crippen LogP contribution in [0.15, 0.2) is 12.3 Å². The van der Waals surface area contributed by atoms with Gasteiger partial charge in [-0.3, -0.25) is 4.79 Å². The van der Waals surface area contributed by atoms with E-state index in [1.807, 2.05) is 19.9 Å². The average molecular weight is 270 g/mol. The number of nitrogens with one attached hydrogen (secondary N) is 1. The lowest BCUT2D eigenvalue weighted by atomic mass is 10.1. The van der Waals surface area contributed by atoms with Crippen LogP contribution in [-0.2, 0) is 0 Å². The minimum absolute atomic E-state index is 0.0260. The summed E-state index contributed by atoms with van der Waals surface area (Å²) in [7, 11) is 0. The molecule has 0 saturated heterocycles. The second-order valence-electron chi connectivity index (χ2n) is 6.22. The fourth-order valence-corrected chi connectivity index (χ4v) is 3.13. The van der Waals surface area contributed by atoms with Crippen molar-refractivity contribution in [3.8, 4) is 0 Å². The molecule has 2 aliphatic carbocycles. The maximum absolute atomic E-state index is 12.5. The smallest absolute Gasteiger partial charge is 0.257 e. The maximum atomic E-state index is 12.5. The molecule has 0 bridgehead atoms. The number of fused-ring (bicyclic) bond motifs is 1. The number of hydrogen-bond donors (Lipinski definition) is 1. The van der Waals surface area contributed by atoms with Gasteiger partial charge in [-0.25, -0.2) is 9.50 Å². The summed E-state index contributed by atoms with van der Waals surface area (Å²) < 4.78 is 1.73. The molecule has 5 nitrogen and oxygen atoms in total. The lowest BCUT2D eigenvalue weighted by Crippen LogP contribution is -2.38. The Labute approximate surface area is 117 Å². The van der Waals surface area contributed by atoms with Crippen molar-refractivity contribution >= 4 is 11.6 Å². The molecule has 1 amide bonds. The van der Waals surface area contributed by atoms with E-state index in [-0.39, 0.29) is 11.4 Å². The lowest BCUT2D eigenvalue weighted by molar-refractivity contribution is 0.0927. The van der Waals surface area contributed by atoms with Gasteiger partial charge in [0.25, 0.3) is 5.91 Å². The third-order valence-corrected chi connectivity index (χ3v) is 4.53. The van der Waals surface area contributed by atoms with Gasteiger partial charge in [-0.2, -0.15) is 5.10 Å². The second-order valence-corrected chi connectivity index (χ2v) is 6.22. The molecule has 0 spiro atoms. The van der Waals surface area contributed by atoms with E-state index in [4.69, 9.17) is 0 Å². The first-order valence-electron chi connectivity index (χ1n) is 7.24. The van der Waals surface area contributed by atoms with E-state index >= 15 is 0 Å². The number of amides is 1. The summed E-state index contributed by atoms with van der Waals surface area (Å²) in [5, 5.41) is 7.52. The van der Waals surface area contributed by atoms with E-state index in [2.05, 4.69) is 15.4 Å². The Hall–Kier alpha value is -1.91. The van der Waals surface area contributed by atoms with Crippen LogP contribution < -0.4 is 5.32 Å². The van der Waals surface area contributed by atoms with Gasteiger partial charge in [0.05, 0.1) is 6.20 Å². The number of hydrogen-bond acceptors (Lipinski definition) is 3. The van der Waals surface area contributed by atoms with Crippen LogP contribution in [0.1, 0.15) is 47.4 Å². The number of aromatic nitrogens is 3. The van der Waals surface area contributed by atoms with Crippen molar-refractivity contribution in [1.82, 2.24) is 19.9 Å². The predicted molar refractivity (Wildman–Crippen MR) is 74.6 cm³/mol. The van der Waals surface area contributed by atoms with Crippen molar-refractivity contribution in [3.63, 3.8) is 0 Å². The van der Waals surface area contributed by atoms with Crippen molar-refractivity contribution in [2.75, 3.05) is 0 Å². The van der Waals surface area contributed by atoms with Gasteiger partial charge < -0.3 is 5.32 Å². The molecule has 2 aromatic heterocycles. The molecule has 0 unspecified atom stereocenters. The molecule has 2 heterocycles. The van der Waals surface area contributed by atoms with E-state index in [0.29, 0.717) is 17.1 Å². The summed E-state index contributed by atoms with van der Waals surface area (Å²) in [5.41, 5.74) is 3.24. The first-order chi connectivity index (χ1) is 9.59. The molecular formula is C15H18N4O. The van der Waals surface area contributed by atoms with Gasteiger partial charge in [0, 0.05) is 16.9 Å². The molecule has 0 radical (unpaired) electrons. The molecular weight excluding hydrogens is 252 g/mol. The molecule has 4 rings (SSSR count). The van der Waals surface area contributed by atoms with E-state index in [9.17, 15) is 4.79 Å². The number of carbonyl (C=O) groups is 1. The zero-order valence-corrected chi connectivity index (χ0v) is 11.8. The van der Waals surface area contributed by atoms with E-state index in [1.165, 1.54) is 12.8 Å². The van der Waals surface area contributed by atoms with E-state index < -0.39 is 0 Å². The minimum Gasteiger partial charge on any atom is -0.346 e. The molecule has 0 atom stereocenters. The molecule has 5 heteroatoms. The number of aryl methyl sites for hydroxylation is 2. The molecule has 0 aromatic carbocycles. The Kier molecular flexibility index (Phi) is 2.26. The van der Waals surface area contributed by atoms with Crippen molar-refractivity contribution in [2.24, 2.45) is 5.92 Å². The molecule has 2 aromatic rings. The molecule has 2 fully saturated rings. The standard InChI is InChI=1S/C15H18N4O/c1-9-7-10(2)19-13(17-9)12(8-16-19)14(20)18-15(5-6-15)11-3-4-11/h7-8,11H,3-6H2,1-2H3,(H,18,20). The Morgan fingerprint density at radius 1 is 1.40 bits per heavy atom. The number of carbonyl (C=O) groups excluding carboxylic acids is 1. The van der Waals surface area contributed by atoms with Crippen molar-refractivity contribution in [3.05, 3.63) is 29.2 Å². The average Bonchev–Trinajstić information content (AvgIpc) is 3.27. The van der Waals surface area contributed by atoms with E-state index in [0.717, 1.165) is 24.2 Å². The van der Waals surface area contributed by atoms with Gasteiger partial charge in [-0.15, -0.1) is 0 Å². The molecule has 20 heavy (non-hydrogen) atoms. The molecule has 2 saturated carbocycles. The third-order valence-electron chi connectivity index (χ3n) is 4.53. The predicted octanol–water partition coefficient (Wildman–Crippen LogP) is 2.02. The quantitative estimate of drug-likeness (QED) is 0.928. The van der Waals surface area contributed by atoms with Crippen LogP contribution in [0.2, 0.25) is 0 Å². The summed E-state index contributed by atoms with van der Waals surface area (Å²) in [5.74, 6) is 0.673. The summed E-state index contributed by atoms with van der Waals surface area (Å²) in [6, 6.07) is 1.97. The third kappa shape index (κ3) is 1.72. The summed E-state index contributed by atoms with van der Waals surface area (Å²) >= 11 is 0. The minimum atomic E-state index is -0.0260. The molecule has 0 aliphatic heterocycles. The van der Waals surface area contributed by atoms with Crippen molar-refractivity contribution in [1.29, 1.82) is 0 Å². The highest BCUT2D eigenvalue weighted by atomic mass is 16.2. The molecule has 104 valence electrons. The Bertz CT molecular complexity index is 710. The number of nitrogens with zero attached hydrogens (tertiary/aromatic N) is 3. The first-order valence-corrected chi connectivity index (χ1v) is 7.24. The largest absolute Gasteiger partial charge is 0.346 e. The topological polar surface area (TPSA) is 59.3 Å². The van der Waals surface area contributed by atoms with Crippen molar-refractivity contribution in [2.45, 2.75) is 45.1 Å². The Morgan fingerprint density at radius 3 is 2.80 bits per heavy atom. The lowest BCUT2D eigenvalue weighted by Gasteiger charge is -2.15. The second kappa shape index (κ2) is 3.81. The fourth-order valence-electron chi connectivity index (χ4n) is 3.13. The summed E-state index contributed by atoms with van der Waals surface area (Å²) in [4.78, 5) is 17.0. The zero-order chi connectivity index (χ0) is 13.9.